The Morgan fingerprint density at radius 2 is 2.60 bits per heavy atom. The normalized spacial score (nSPS) is 17.1. The van der Waals surface area contributed by atoms with Gasteiger partial charge in [-0.1, -0.05) is 0 Å². The second kappa shape index (κ2) is 4.61. The third-order valence-corrected chi connectivity index (χ3v) is 2.12. The summed E-state index contributed by atoms with van der Waals surface area (Å²) in [4.78, 5) is 4.30. The lowest BCUT2D eigenvalue weighted by Crippen LogP contribution is -2.23. The van der Waals surface area contributed by atoms with Crippen LogP contribution >= 0.6 is 11.8 Å². The van der Waals surface area contributed by atoms with E-state index in [1.807, 2.05) is 11.8 Å². The minimum Gasteiger partial charge on any atom is -0.373 e. The van der Waals surface area contributed by atoms with Crippen LogP contribution in [0.1, 0.15) is 12.8 Å². The molecule has 0 fully saturated rings. The first-order valence-corrected chi connectivity index (χ1v) is 5.09. The van der Waals surface area contributed by atoms with Crippen molar-refractivity contribution in [3.63, 3.8) is 0 Å². The quantitative estimate of drug-likeness (QED) is 0.623. The Kier molecular flexibility index (Phi) is 3.65. The summed E-state index contributed by atoms with van der Waals surface area (Å²) in [7, 11) is 0. The molecule has 0 amide bonds. The van der Waals surface area contributed by atoms with E-state index in [-0.39, 0.29) is 0 Å². The molecule has 2 nitrogen and oxygen atoms in total. The monoisotopic (exact) mass is 158 g/mol. The Balaban J connectivity index is 2.01. The van der Waals surface area contributed by atoms with E-state index in [4.69, 9.17) is 0 Å². The van der Waals surface area contributed by atoms with E-state index in [9.17, 15) is 0 Å². The Morgan fingerprint density at radius 1 is 1.70 bits per heavy atom. The molecule has 0 unspecified atom stereocenters. The van der Waals surface area contributed by atoms with Gasteiger partial charge in [0.1, 0.15) is 0 Å². The van der Waals surface area contributed by atoms with Crippen LogP contribution in [0.2, 0.25) is 0 Å². The maximum absolute atomic E-state index is 4.30. The smallest absolute Gasteiger partial charge is 0.0963 e. The molecule has 0 aromatic carbocycles. The van der Waals surface area contributed by atoms with E-state index >= 15 is 0 Å². The van der Waals surface area contributed by atoms with Crippen molar-refractivity contribution < 1.29 is 0 Å². The first kappa shape index (κ1) is 7.92. The van der Waals surface area contributed by atoms with Crippen LogP contribution in [0, 0.1) is 0 Å². The highest BCUT2D eigenvalue weighted by molar-refractivity contribution is 7.98. The van der Waals surface area contributed by atoms with E-state index in [1.165, 1.54) is 18.0 Å². The predicted molar refractivity (Wildman–Crippen MR) is 47.9 cm³/mol. The van der Waals surface area contributed by atoms with Gasteiger partial charge in [0.25, 0.3) is 0 Å². The third-order valence-electron chi connectivity index (χ3n) is 1.51. The molecule has 1 heterocycles. The van der Waals surface area contributed by atoms with Gasteiger partial charge >= 0.3 is 0 Å². The number of rotatable bonds is 3. The zero-order valence-corrected chi connectivity index (χ0v) is 7.21. The summed E-state index contributed by atoms with van der Waals surface area (Å²) >= 11 is 1.87. The molecule has 0 aromatic heterocycles. The number of thioether (sulfide) groups is 1. The van der Waals surface area contributed by atoms with Crippen LogP contribution in [-0.2, 0) is 0 Å². The van der Waals surface area contributed by atoms with Crippen LogP contribution in [0.4, 0.5) is 0 Å². The standard InChI is InChI=1S/C7H14N2S/c1-10-6-5-9-7-3-2-4-8-7/h2-6H2,1H3,(H,8,9). The van der Waals surface area contributed by atoms with Crippen LogP contribution in [0.3, 0.4) is 0 Å². The molecular formula is C7H14N2S. The van der Waals surface area contributed by atoms with Crippen molar-refractivity contribution in [2.45, 2.75) is 12.8 Å². The number of nitrogens with zero attached hydrogens (tertiary/aromatic N) is 1. The Hall–Kier alpha value is -0.180. The van der Waals surface area contributed by atoms with Gasteiger partial charge in [-0.3, -0.25) is 4.99 Å². The van der Waals surface area contributed by atoms with Crippen molar-refractivity contribution in [3.05, 3.63) is 0 Å². The van der Waals surface area contributed by atoms with Gasteiger partial charge in [0.15, 0.2) is 0 Å². The van der Waals surface area contributed by atoms with Gasteiger partial charge in [-0.05, 0) is 12.7 Å². The zero-order valence-electron chi connectivity index (χ0n) is 6.39. The average Bonchev–Trinajstić information content (AvgIpc) is 2.41. The van der Waals surface area contributed by atoms with Crippen molar-refractivity contribution in [2.75, 3.05) is 25.1 Å². The van der Waals surface area contributed by atoms with E-state index in [1.54, 1.807) is 0 Å². The number of aliphatic imine (C=N–C) groups is 1. The van der Waals surface area contributed by atoms with Crippen LogP contribution < -0.4 is 5.32 Å². The molecule has 0 atom stereocenters. The van der Waals surface area contributed by atoms with Gasteiger partial charge < -0.3 is 5.32 Å². The third kappa shape index (κ3) is 2.60. The van der Waals surface area contributed by atoms with Crippen molar-refractivity contribution >= 4 is 17.6 Å². The number of amidine groups is 1. The minimum atomic E-state index is 1.03. The van der Waals surface area contributed by atoms with E-state index in [0.717, 1.165) is 19.5 Å². The summed E-state index contributed by atoms with van der Waals surface area (Å²) in [5.41, 5.74) is 0. The first-order chi connectivity index (χ1) is 4.93. The summed E-state index contributed by atoms with van der Waals surface area (Å²) in [6.07, 6.45) is 4.52. The summed E-state index contributed by atoms with van der Waals surface area (Å²) < 4.78 is 0. The molecule has 1 N–H and O–H groups in total. The zero-order chi connectivity index (χ0) is 7.23. The Bertz CT molecular complexity index is 123. The van der Waals surface area contributed by atoms with Crippen molar-refractivity contribution in [3.8, 4) is 0 Å². The van der Waals surface area contributed by atoms with E-state index in [0.29, 0.717) is 0 Å². The largest absolute Gasteiger partial charge is 0.373 e. The molecule has 0 saturated heterocycles. The second-order valence-corrected chi connectivity index (χ2v) is 3.34. The van der Waals surface area contributed by atoms with Crippen molar-refractivity contribution in [2.24, 2.45) is 4.99 Å². The van der Waals surface area contributed by atoms with Crippen molar-refractivity contribution in [1.82, 2.24) is 5.32 Å². The molecule has 58 valence electrons. The maximum Gasteiger partial charge on any atom is 0.0963 e. The highest BCUT2D eigenvalue weighted by Crippen LogP contribution is 2.00. The molecule has 1 aliphatic rings. The lowest BCUT2D eigenvalue weighted by molar-refractivity contribution is 0.925. The van der Waals surface area contributed by atoms with Crippen LogP contribution in [0.15, 0.2) is 4.99 Å². The highest BCUT2D eigenvalue weighted by atomic mass is 32.2. The number of hydrogen-bond donors (Lipinski definition) is 1. The molecule has 1 rings (SSSR count). The molecule has 0 saturated carbocycles. The van der Waals surface area contributed by atoms with Gasteiger partial charge in [0, 0.05) is 25.3 Å². The second-order valence-electron chi connectivity index (χ2n) is 2.35. The molecule has 0 radical (unpaired) electrons. The summed E-state index contributed by atoms with van der Waals surface area (Å²) in [5, 5.41) is 3.31. The molecule has 0 aliphatic carbocycles. The molecule has 10 heavy (non-hydrogen) atoms. The van der Waals surface area contributed by atoms with Crippen LogP contribution in [0.5, 0.6) is 0 Å². The highest BCUT2D eigenvalue weighted by Gasteiger charge is 2.03. The van der Waals surface area contributed by atoms with E-state index < -0.39 is 0 Å². The summed E-state index contributed by atoms with van der Waals surface area (Å²) in [6, 6.07) is 0. The molecule has 0 aromatic rings. The lowest BCUT2D eigenvalue weighted by Gasteiger charge is -2.02. The fraction of sp³-hybridized carbons (Fsp3) is 0.857. The van der Waals surface area contributed by atoms with Gasteiger partial charge in [-0.25, -0.2) is 0 Å². The van der Waals surface area contributed by atoms with Gasteiger partial charge in [-0.15, -0.1) is 0 Å². The summed E-state index contributed by atoms with van der Waals surface area (Å²) in [5.74, 6) is 2.40. The predicted octanol–water partition coefficient (Wildman–Crippen LogP) is 1.13. The van der Waals surface area contributed by atoms with Crippen molar-refractivity contribution in [1.29, 1.82) is 0 Å². The topological polar surface area (TPSA) is 24.4 Å². The number of nitrogens with one attached hydrogen (secondary N) is 1. The molecule has 1 aliphatic heterocycles. The SMILES string of the molecule is CSCCNC1=NCCC1. The number of hydrogen-bond acceptors (Lipinski definition) is 3. The maximum atomic E-state index is 4.30. The molecule has 0 spiro atoms. The van der Waals surface area contributed by atoms with Gasteiger partial charge in [-0.2, -0.15) is 11.8 Å². The Morgan fingerprint density at radius 3 is 3.20 bits per heavy atom. The first-order valence-electron chi connectivity index (χ1n) is 3.69. The molecule has 3 heteroatoms. The summed E-state index contributed by atoms with van der Waals surface area (Å²) in [6.45, 7) is 2.10. The van der Waals surface area contributed by atoms with Gasteiger partial charge in [0.2, 0.25) is 0 Å². The lowest BCUT2D eigenvalue weighted by atomic mass is 10.3. The van der Waals surface area contributed by atoms with Crippen LogP contribution in [0.25, 0.3) is 0 Å². The fourth-order valence-electron chi connectivity index (χ4n) is 0.981. The van der Waals surface area contributed by atoms with Gasteiger partial charge in [0.05, 0.1) is 5.84 Å². The minimum absolute atomic E-state index is 1.03. The van der Waals surface area contributed by atoms with Crippen LogP contribution in [-0.4, -0.2) is 30.9 Å². The average molecular weight is 158 g/mol. The Labute approximate surface area is 66.5 Å². The van der Waals surface area contributed by atoms with E-state index in [2.05, 4.69) is 16.6 Å². The molecular weight excluding hydrogens is 144 g/mol. The fourth-order valence-corrected chi connectivity index (χ4v) is 1.29. The molecule has 0 bridgehead atoms.